The molecule has 2 saturated heterocycles. The highest BCUT2D eigenvalue weighted by atomic mass is 35.5. The van der Waals surface area contributed by atoms with Crippen molar-refractivity contribution in [1.82, 2.24) is 20.7 Å². The van der Waals surface area contributed by atoms with E-state index in [4.69, 9.17) is 23.2 Å². The van der Waals surface area contributed by atoms with Gasteiger partial charge < -0.3 is 15.2 Å². The van der Waals surface area contributed by atoms with Crippen LogP contribution in [0.15, 0.2) is 29.5 Å². The molecule has 2 N–H and O–H groups in total. The van der Waals surface area contributed by atoms with E-state index in [1.807, 2.05) is 0 Å². The quantitative estimate of drug-likeness (QED) is 0.558. The summed E-state index contributed by atoms with van der Waals surface area (Å²) in [7, 11) is 0. The van der Waals surface area contributed by atoms with Crippen LogP contribution in [-0.4, -0.2) is 65.5 Å². The van der Waals surface area contributed by atoms with Gasteiger partial charge in [0.25, 0.3) is 11.8 Å². The Morgan fingerprint density at radius 1 is 1.20 bits per heavy atom. The molecule has 0 aliphatic carbocycles. The topological polar surface area (TPSA) is 64.7 Å². The second-order valence-electron chi connectivity index (χ2n) is 9.30. The van der Waals surface area contributed by atoms with Gasteiger partial charge in [-0.25, -0.2) is 5.43 Å². The lowest BCUT2D eigenvalue weighted by molar-refractivity contribution is -0.173. The number of hydrogen-bond donors (Lipinski definition) is 2. The number of amides is 2. The first kappa shape index (κ1) is 26.0. The third-order valence-electron chi connectivity index (χ3n) is 6.75. The highest BCUT2D eigenvalue weighted by Crippen LogP contribution is 2.46. The minimum Gasteiger partial charge on any atom is -0.348 e. The summed E-state index contributed by atoms with van der Waals surface area (Å²) >= 11 is 11.9. The molecular formula is C22H23Cl2F5N4O2. The Morgan fingerprint density at radius 3 is 2.57 bits per heavy atom. The predicted octanol–water partition coefficient (Wildman–Crippen LogP) is 4.40. The average Bonchev–Trinajstić information content (AvgIpc) is 3.00. The maximum absolute atomic E-state index is 15.3. The normalized spacial score (nSPS) is 26.2. The molecule has 0 spiro atoms. The number of rotatable bonds is 3. The largest absolute Gasteiger partial charge is 0.471 e. The molecule has 0 saturated carbocycles. The van der Waals surface area contributed by atoms with Gasteiger partial charge in [-0.1, -0.05) is 23.2 Å². The number of piperidine rings is 1. The summed E-state index contributed by atoms with van der Waals surface area (Å²) in [6.07, 6.45) is -5.36. The zero-order valence-electron chi connectivity index (χ0n) is 18.6. The third-order valence-corrected chi connectivity index (χ3v) is 7.49. The van der Waals surface area contributed by atoms with Crippen LogP contribution in [0.2, 0.25) is 10.0 Å². The molecule has 2 atom stereocenters. The Labute approximate surface area is 208 Å². The molecule has 35 heavy (non-hydrogen) atoms. The van der Waals surface area contributed by atoms with Crippen molar-refractivity contribution >= 4 is 35.0 Å². The summed E-state index contributed by atoms with van der Waals surface area (Å²) in [5.41, 5.74) is 2.65. The number of likely N-dealkylation sites (tertiary alicyclic amines) is 1. The number of nitrogens with one attached hydrogen (secondary N) is 2. The number of hydrazine groups is 1. The first-order valence-electron chi connectivity index (χ1n) is 11.0. The van der Waals surface area contributed by atoms with Crippen molar-refractivity contribution in [3.8, 4) is 0 Å². The first-order chi connectivity index (χ1) is 16.2. The van der Waals surface area contributed by atoms with Gasteiger partial charge in [-0.05, 0) is 49.5 Å². The Kier molecular flexibility index (Phi) is 6.74. The molecule has 6 nitrogen and oxygen atoms in total. The Bertz CT molecular complexity index is 1080. The molecule has 192 valence electrons. The Hall–Kier alpha value is -2.11. The molecule has 0 radical (unpaired) electrons. The number of carbonyl (C=O) groups is 2. The van der Waals surface area contributed by atoms with Gasteiger partial charge in [0.1, 0.15) is 5.70 Å². The lowest BCUT2D eigenvalue weighted by Gasteiger charge is -2.39. The number of hydrogen-bond acceptors (Lipinski definition) is 4. The van der Waals surface area contributed by atoms with Crippen LogP contribution in [0.3, 0.4) is 0 Å². The zero-order chi connectivity index (χ0) is 25.8. The molecule has 2 fully saturated rings. The van der Waals surface area contributed by atoms with Crippen LogP contribution in [0.4, 0.5) is 22.0 Å². The van der Waals surface area contributed by atoms with Gasteiger partial charge in [0.2, 0.25) is 0 Å². The summed E-state index contributed by atoms with van der Waals surface area (Å²) in [5, 5.41) is 3.58. The molecule has 3 heterocycles. The second kappa shape index (κ2) is 9.08. The molecule has 2 amide bonds. The van der Waals surface area contributed by atoms with Crippen molar-refractivity contribution in [3.63, 3.8) is 0 Å². The van der Waals surface area contributed by atoms with Crippen LogP contribution in [0.5, 0.6) is 0 Å². The summed E-state index contributed by atoms with van der Waals surface area (Å²) < 4.78 is 68.2. The third kappa shape index (κ3) is 5.08. The van der Waals surface area contributed by atoms with Crippen molar-refractivity contribution in [2.45, 2.75) is 43.8 Å². The number of carbonyl (C=O) groups excluding carboxylic acids is 2. The van der Waals surface area contributed by atoms with Crippen LogP contribution >= 0.6 is 23.2 Å². The lowest BCUT2D eigenvalue weighted by Crippen LogP contribution is -2.54. The van der Waals surface area contributed by atoms with Crippen molar-refractivity contribution < 1.29 is 31.5 Å². The van der Waals surface area contributed by atoms with Crippen molar-refractivity contribution in [3.05, 3.63) is 45.1 Å². The maximum atomic E-state index is 15.3. The molecule has 4 rings (SSSR count). The van der Waals surface area contributed by atoms with Gasteiger partial charge in [0, 0.05) is 38.2 Å². The molecule has 2 unspecified atom stereocenters. The molecule has 1 aromatic carbocycles. The molecule has 3 aliphatic heterocycles. The molecule has 0 bridgehead atoms. The summed E-state index contributed by atoms with van der Waals surface area (Å²) in [4.78, 5) is 25.7. The lowest BCUT2D eigenvalue weighted by atomic mass is 9.83. The predicted molar refractivity (Wildman–Crippen MR) is 119 cm³/mol. The van der Waals surface area contributed by atoms with E-state index in [-0.39, 0.29) is 53.3 Å². The first-order valence-corrected chi connectivity index (χ1v) is 11.7. The monoisotopic (exact) mass is 540 g/mol. The zero-order valence-corrected chi connectivity index (χ0v) is 20.1. The van der Waals surface area contributed by atoms with Crippen LogP contribution in [0, 0.1) is 5.92 Å². The van der Waals surface area contributed by atoms with Gasteiger partial charge >= 0.3 is 12.1 Å². The summed E-state index contributed by atoms with van der Waals surface area (Å²) in [5.74, 6) is -6.37. The van der Waals surface area contributed by atoms with Gasteiger partial charge in [0.05, 0.1) is 15.6 Å². The van der Waals surface area contributed by atoms with Gasteiger partial charge in [-0.3, -0.25) is 9.59 Å². The van der Waals surface area contributed by atoms with Crippen molar-refractivity contribution in [2.24, 2.45) is 5.92 Å². The van der Waals surface area contributed by atoms with Gasteiger partial charge in [-0.2, -0.15) is 22.0 Å². The number of fused-ring (bicyclic) bond motifs is 2. The summed E-state index contributed by atoms with van der Waals surface area (Å²) in [6, 6.07) is 4.43. The number of nitrogens with zero attached hydrogens (tertiary/aromatic N) is 2. The fourth-order valence-corrected chi connectivity index (χ4v) is 5.13. The van der Waals surface area contributed by atoms with E-state index in [1.54, 1.807) is 12.2 Å². The minimum atomic E-state index is -5.04. The highest BCUT2D eigenvalue weighted by molar-refractivity contribution is 6.42. The van der Waals surface area contributed by atoms with Gasteiger partial charge in [0.15, 0.2) is 0 Å². The minimum absolute atomic E-state index is 0.0110. The van der Waals surface area contributed by atoms with E-state index in [1.165, 1.54) is 28.1 Å². The maximum Gasteiger partial charge on any atom is 0.471 e. The van der Waals surface area contributed by atoms with E-state index in [2.05, 4.69) is 5.43 Å². The average molecular weight is 541 g/mol. The van der Waals surface area contributed by atoms with Crippen molar-refractivity contribution in [1.29, 1.82) is 0 Å². The molecule has 3 aliphatic rings. The molecule has 0 aromatic heterocycles. The number of benzene rings is 1. The SMILES string of the molecule is CC12CCN(C(=O)c3ccc(Cl)c(Cl)c3)CC1=C1N(CC(CNC(=O)C(F)(F)F)CCC1(F)F)N2. The van der Waals surface area contributed by atoms with Crippen molar-refractivity contribution in [2.75, 3.05) is 26.2 Å². The van der Waals surface area contributed by atoms with Gasteiger partial charge in [-0.15, -0.1) is 0 Å². The Morgan fingerprint density at radius 2 is 1.91 bits per heavy atom. The molecule has 13 heteroatoms. The highest BCUT2D eigenvalue weighted by Gasteiger charge is 2.54. The second-order valence-corrected chi connectivity index (χ2v) is 10.1. The number of halogens is 7. The smallest absolute Gasteiger partial charge is 0.348 e. The van der Waals surface area contributed by atoms with E-state index < -0.39 is 35.9 Å². The van der Waals surface area contributed by atoms with Crippen LogP contribution < -0.4 is 10.7 Å². The fourth-order valence-electron chi connectivity index (χ4n) is 4.83. The van der Waals surface area contributed by atoms with E-state index >= 15 is 8.78 Å². The summed E-state index contributed by atoms with van der Waals surface area (Å²) in [6.45, 7) is 1.63. The molecule has 1 aromatic rings. The molecular weight excluding hydrogens is 518 g/mol. The van der Waals surface area contributed by atoms with Crippen LogP contribution in [-0.2, 0) is 4.79 Å². The van der Waals surface area contributed by atoms with E-state index in [9.17, 15) is 22.8 Å². The fraction of sp³-hybridized carbons (Fsp3) is 0.545. The van der Waals surface area contributed by atoms with Crippen LogP contribution in [0.1, 0.15) is 36.5 Å². The number of alkyl halides is 5. The Balaban J connectivity index is 1.57. The standard InChI is InChI=1S/C22H23Cl2F5N4O2/c1-20-6-7-32(18(34)13-2-3-15(23)16(24)8-13)11-14(20)17-21(25,26)5-4-12(10-33(17)31-20)9-30-19(35)22(27,28)29/h2-3,8,12,31H,4-7,9-11H2,1H3,(H,30,35). The van der Waals surface area contributed by atoms with E-state index in [0.717, 1.165) is 0 Å². The van der Waals surface area contributed by atoms with Crippen LogP contribution in [0.25, 0.3) is 0 Å². The van der Waals surface area contributed by atoms with E-state index in [0.29, 0.717) is 18.5 Å². The number of allylic oxidation sites excluding steroid dienone is 1.